The van der Waals surface area contributed by atoms with E-state index < -0.39 is 5.60 Å². The third kappa shape index (κ3) is 3.45. The van der Waals surface area contributed by atoms with Crippen LogP contribution in [0.4, 0.5) is 4.39 Å². The van der Waals surface area contributed by atoms with Gasteiger partial charge in [-0.2, -0.15) is 5.10 Å². The lowest BCUT2D eigenvalue weighted by Gasteiger charge is -2.23. The van der Waals surface area contributed by atoms with E-state index in [2.05, 4.69) is 25.4 Å². The van der Waals surface area contributed by atoms with E-state index in [0.29, 0.717) is 26.1 Å². The van der Waals surface area contributed by atoms with Crippen LogP contribution in [0.25, 0.3) is 11.3 Å². The van der Waals surface area contributed by atoms with Crippen LogP contribution in [0, 0.1) is 5.82 Å². The molecule has 7 nitrogen and oxygen atoms in total. The topological polar surface area (TPSA) is 82.9 Å². The Bertz CT molecular complexity index is 831. The standard InChI is InChI=1S/C17H19FN6O/c18-15-3-1-13(2-4-15)16-14(9-20-21-16)10-23-7-5-17(25,11-23)12-24-8-6-19-22-24/h1-4,6,8-9,25H,5,7,10-12H2,(H,20,21). The molecule has 1 saturated heterocycles. The molecule has 130 valence electrons. The fourth-order valence-electron chi connectivity index (χ4n) is 3.36. The van der Waals surface area contributed by atoms with Crippen molar-refractivity contribution in [3.05, 3.63) is 54.2 Å². The molecule has 1 aliphatic rings. The van der Waals surface area contributed by atoms with Crippen LogP contribution in [0.15, 0.2) is 42.9 Å². The molecule has 25 heavy (non-hydrogen) atoms. The maximum Gasteiger partial charge on any atom is 0.123 e. The second-order valence-corrected chi connectivity index (χ2v) is 6.56. The minimum absolute atomic E-state index is 0.262. The Morgan fingerprint density at radius 3 is 2.88 bits per heavy atom. The molecule has 0 radical (unpaired) electrons. The lowest BCUT2D eigenvalue weighted by atomic mass is 10.0. The van der Waals surface area contributed by atoms with Crippen LogP contribution in [0.1, 0.15) is 12.0 Å². The number of aromatic amines is 1. The van der Waals surface area contributed by atoms with Gasteiger partial charge in [-0.15, -0.1) is 5.10 Å². The summed E-state index contributed by atoms with van der Waals surface area (Å²) in [5.41, 5.74) is 1.99. The van der Waals surface area contributed by atoms with E-state index in [4.69, 9.17) is 0 Å². The van der Waals surface area contributed by atoms with Crippen molar-refractivity contribution in [3.8, 4) is 11.3 Å². The molecule has 0 spiro atoms. The number of H-pyrrole nitrogens is 1. The van der Waals surface area contributed by atoms with Gasteiger partial charge >= 0.3 is 0 Å². The number of rotatable bonds is 5. The summed E-state index contributed by atoms with van der Waals surface area (Å²) in [6.45, 7) is 2.45. The molecule has 2 N–H and O–H groups in total. The van der Waals surface area contributed by atoms with E-state index >= 15 is 0 Å². The summed E-state index contributed by atoms with van der Waals surface area (Å²) in [4.78, 5) is 2.19. The number of hydrogen-bond donors (Lipinski definition) is 2. The Balaban J connectivity index is 1.45. The highest BCUT2D eigenvalue weighted by Crippen LogP contribution is 2.27. The highest BCUT2D eigenvalue weighted by atomic mass is 19.1. The number of aliphatic hydroxyl groups is 1. The van der Waals surface area contributed by atoms with Crippen molar-refractivity contribution >= 4 is 0 Å². The minimum atomic E-state index is -0.812. The van der Waals surface area contributed by atoms with Crippen LogP contribution in [-0.2, 0) is 13.1 Å². The first-order valence-electron chi connectivity index (χ1n) is 8.18. The maximum absolute atomic E-state index is 13.1. The molecule has 1 fully saturated rings. The van der Waals surface area contributed by atoms with Gasteiger partial charge in [0.2, 0.25) is 0 Å². The summed E-state index contributed by atoms with van der Waals surface area (Å²) in [5, 5.41) is 25.6. The minimum Gasteiger partial charge on any atom is -0.387 e. The maximum atomic E-state index is 13.1. The number of hydrogen-bond acceptors (Lipinski definition) is 5. The van der Waals surface area contributed by atoms with E-state index in [-0.39, 0.29) is 5.82 Å². The van der Waals surface area contributed by atoms with Crippen LogP contribution < -0.4 is 0 Å². The van der Waals surface area contributed by atoms with Gasteiger partial charge in [-0.1, -0.05) is 5.21 Å². The lowest BCUT2D eigenvalue weighted by Crippen LogP contribution is -2.37. The molecule has 0 saturated carbocycles. The molecule has 3 heterocycles. The third-order valence-electron chi connectivity index (χ3n) is 4.58. The van der Waals surface area contributed by atoms with Crippen molar-refractivity contribution in [3.63, 3.8) is 0 Å². The molecule has 4 rings (SSSR count). The van der Waals surface area contributed by atoms with Crippen LogP contribution in [0.5, 0.6) is 0 Å². The van der Waals surface area contributed by atoms with Gasteiger partial charge in [-0.3, -0.25) is 10.00 Å². The van der Waals surface area contributed by atoms with Gasteiger partial charge in [0.1, 0.15) is 5.82 Å². The van der Waals surface area contributed by atoms with E-state index in [9.17, 15) is 9.50 Å². The molecule has 8 heteroatoms. The fourth-order valence-corrected chi connectivity index (χ4v) is 3.36. The van der Waals surface area contributed by atoms with Gasteiger partial charge in [0.05, 0.1) is 30.2 Å². The van der Waals surface area contributed by atoms with Gasteiger partial charge in [0.25, 0.3) is 0 Å². The highest BCUT2D eigenvalue weighted by Gasteiger charge is 2.37. The van der Waals surface area contributed by atoms with Gasteiger partial charge in [0.15, 0.2) is 0 Å². The number of halogens is 1. The average Bonchev–Trinajstić information content (AvgIpc) is 3.32. The number of benzene rings is 1. The van der Waals surface area contributed by atoms with Crippen LogP contribution in [0.2, 0.25) is 0 Å². The molecule has 0 amide bonds. The first-order valence-corrected chi connectivity index (χ1v) is 8.18. The largest absolute Gasteiger partial charge is 0.387 e. The second-order valence-electron chi connectivity index (χ2n) is 6.56. The van der Waals surface area contributed by atoms with Gasteiger partial charge in [-0.05, 0) is 30.7 Å². The predicted molar refractivity (Wildman–Crippen MR) is 88.8 cm³/mol. The van der Waals surface area contributed by atoms with Crippen molar-refractivity contribution in [2.24, 2.45) is 0 Å². The van der Waals surface area contributed by atoms with E-state index in [1.54, 1.807) is 35.4 Å². The number of aromatic nitrogens is 5. The number of nitrogens with zero attached hydrogens (tertiary/aromatic N) is 5. The third-order valence-corrected chi connectivity index (χ3v) is 4.58. The summed E-state index contributed by atoms with van der Waals surface area (Å²) in [7, 11) is 0. The summed E-state index contributed by atoms with van der Waals surface area (Å²) >= 11 is 0. The number of likely N-dealkylation sites (tertiary alicyclic amines) is 1. The van der Waals surface area contributed by atoms with Gasteiger partial charge < -0.3 is 5.11 Å². The van der Waals surface area contributed by atoms with Crippen molar-refractivity contribution < 1.29 is 9.50 Å². The summed E-state index contributed by atoms with van der Waals surface area (Å²) in [5.74, 6) is -0.262. The fraction of sp³-hybridized carbons (Fsp3) is 0.353. The van der Waals surface area contributed by atoms with Crippen LogP contribution in [0.3, 0.4) is 0 Å². The van der Waals surface area contributed by atoms with Crippen molar-refractivity contribution in [2.45, 2.75) is 25.1 Å². The molecule has 3 aromatic rings. The Hall–Kier alpha value is -2.58. The molecule has 0 aliphatic carbocycles. The summed E-state index contributed by atoms with van der Waals surface area (Å²) in [6.07, 6.45) is 5.82. The Labute approximate surface area is 144 Å². The Morgan fingerprint density at radius 2 is 2.12 bits per heavy atom. The molecule has 1 unspecified atom stereocenters. The zero-order valence-corrected chi connectivity index (χ0v) is 13.6. The molecular formula is C17H19FN6O. The molecular weight excluding hydrogens is 323 g/mol. The van der Waals surface area contributed by atoms with Crippen molar-refractivity contribution in [2.75, 3.05) is 13.1 Å². The zero-order valence-electron chi connectivity index (χ0n) is 13.6. The van der Waals surface area contributed by atoms with E-state index in [0.717, 1.165) is 23.4 Å². The molecule has 0 bridgehead atoms. The normalized spacial score (nSPS) is 21.0. The summed E-state index contributed by atoms with van der Waals surface area (Å²) in [6, 6.07) is 6.34. The van der Waals surface area contributed by atoms with Gasteiger partial charge in [0, 0.05) is 37.0 Å². The second kappa shape index (κ2) is 6.38. The van der Waals surface area contributed by atoms with Crippen molar-refractivity contribution in [1.82, 2.24) is 30.1 Å². The SMILES string of the molecule is OC1(Cn2ccnn2)CCN(Cc2cn[nH]c2-c2ccc(F)cc2)C1. The quantitative estimate of drug-likeness (QED) is 0.733. The number of β-amino-alcohol motifs (C(OH)–C–C–N with tert-alkyl or cyclic N) is 1. The molecule has 2 aromatic heterocycles. The smallest absolute Gasteiger partial charge is 0.123 e. The lowest BCUT2D eigenvalue weighted by molar-refractivity contribution is 0.0274. The zero-order chi connectivity index (χ0) is 17.3. The van der Waals surface area contributed by atoms with E-state index in [1.807, 2.05) is 0 Å². The first-order chi connectivity index (χ1) is 12.1. The molecule has 1 atom stereocenters. The van der Waals surface area contributed by atoms with Crippen molar-refractivity contribution in [1.29, 1.82) is 0 Å². The summed E-state index contributed by atoms with van der Waals surface area (Å²) < 4.78 is 14.8. The highest BCUT2D eigenvalue weighted by molar-refractivity contribution is 5.62. The first kappa shape index (κ1) is 15.9. The average molecular weight is 342 g/mol. The molecule has 1 aromatic carbocycles. The van der Waals surface area contributed by atoms with Crippen LogP contribution in [-0.4, -0.2) is 53.9 Å². The van der Waals surface area contributed by atoms with Crippen LogP contribution >= 0.6 is 0 Å². The van der Waals surface area contributed by atoms with Gasteiger partial charge in [-0.25, -0.2) is 9.07 Å². The molecule has 1 aliphatic heterocycles. The monoisotopic (exact) mass is 342 g/mol. The van der Waals surface area contributed by atoms with E-state index in [1.165, 1.54) is 12.1 Å². The predicted octanol–water partition coefficient (Wildman–Crippen LogP) is 1.44. The Morgan fingerprint density at radius 1 is 1.28 bits per heavy atom. The number of nitrogens with one attached hydrogen (secondary N) is 1. The Kier molecular flexibility index (Phi) is 4.06.